The van der Waals surface area contributed by atoms with Crippen molar-refractivity contribution in [3.63, 3.8) is 0 Å². The lowest BCUT2D eigenvalue weighted by atomic mass is 9.93. The van der Waals surface area contributed by atoms with Crippen molar-refractivity contribution in [1.82, 2.24) is 4.90 Å². The van der Waals surface area contributed by atoms with E-state index in [1.165, 1.54) is 21.9 Å². The lowest BCUT2D eigenvalue weighted by molar-refractivity contribution is -0.117. The quantitative estimate of drug-likeness (QED) is 0.365. The van der Waals surface area contributed by atoms with Crippen LogP contribution in [0, 0.1) is 0 Å². The van der Waals surface area contributed by atoms with Gasteiger partial charge in [0.1, 0.15) is 0 Å². The zero-order valence-corrected chi connectivity index (χ0v) is 20.0. The van der Waals surface area contributed by atoms with Crippen LogP contribution in [-0.2, 0) is 24.1 Å². The van der Waals surface area contributed by atoms with Crippen LogP contribution in [0.5, 0.6) is 0 Å². The Kier molecular flexibility index (Phi) is 9.43. The highest BCUT2D eigenvalue weighted by molar-refractivity contribution is 5.96. The van der Waals surface area contributed by atoms with Crippen LogP contribution in [0.2, 0.25) is 0 Å². The maximum Gasteiger partial charge on any atom is 0.241 e. The van der Waals surface area contributed by atoms with Crippen LogP contribution in [0.4, 0.5) is 5.69 Å². The molecule has 0 aromatic heterocycles. The van der Waals surface area contributed by atoms with Gasteiger partial charge in [-0.2, -0.15) is 0 Å². The van der Waals surface area contributed by atoms with Crippen LogP contribution >= 0.6 is 0 Å². The van der Waals surface area contributed by atoms with Crippen molar-refractivity contribution >= 4 is 22.4 Å². The average molecular weight is 447 g/mol. The molecule has 5 heteroatoms. The highest BCUT2D eigenvalue weighted by atomic mass is 16.2. The number of carbonyl (C=O) groups excluding carboxylic acids is 1. The molecule has 0 aliphatic rings. The molecule has 1 atom stereocenters. The van der Waals surface area contributed by atoms with Crippen molar-refractivity contribution in [3.8, 4) is 0 Å². The molecule has 176 valence electrons. The van der Waals surface area contributed by atoms with Gasteiger partial charge < -0.3 is 21.7 Å². The fraction of sp³-hybridized carbons (Fsp3) is 0.393. The summed E-state index contributed by atoms with van der Waals surface area (Å²) in [6.45, 7) is 1.79. The molecule has 0 fully saturated rings. The summed E-state index contributed by atoms with van der Waals surface area (Å²) < 4.78 is 0. The number of benzene rings is 3. The molecule has 0 radical (unpaired) electrons. The number of anilines is 1. The van der Waals surface area contributed by atoms with Gasteiger partial charge in [-0.25, -0.2) is 0 Å². The Balaban J connectivity index is 1.62. The Morgan fingerprint density at radius 2 is 1.55 bits per heavy atom. The normalized spacial score (nSPS) is 12.3. The van der Waals surface area contributed by atoms with Gasteiger partial charge in [-0.05, 0) is 105 Å². The standard InChI is InChI=1S/C28H38N4O/c1-32(2)19-7-8-21-12-16-24(17-13-21)31-28(33)27(30)20-23-15-14-22(9-5-6-18-29)25-10-3-4-11-26(23)25/h3-4,10-17,27H,5-9,18-20,29-30H2,1-2H3,(H,31,33)/t27-/m0/s1. The van der Waals surface area contributed by atoms with Gasteiger partial charge >= 0.3 is 0 Å². The third-order valence-corrected chi connectivity index (χ3v) is 6.07. The molecule has 0 heterocycles. The third-order valence-electron chi connectivity index (χ3n) is 6.07. The maximum atomic E-state index is 12.8. The number of nitrogens with zero attached hydrogens (tertiary/aromatic N) is 1. The van der Waals surface area contributed by atoms with Crippen molar-refractivity contribution in [2.75, 3.05) is 32.5 Å². The first-order chi connectivity index (χ1) is 16.0. The van der Waals surface area contributed by atoms with Gasteiger partial charge in [0.05, 0.1) is 6.04 Å². The van der Waals surface area contributed by atoms with Crippen LogP contribution in [0.15, 0.2) is 60.7 Å². The number of carbonyl (C=O) groups is 1. The van der Waals surface area contributed by atoms with Crippen molar-refractivity contribution in [2.24, 2.45) is 11.5 Å². The van der Waals surface area contributed by atoms with E-state index in [0.29, 0.717) is 6.42 Å². The maximum absolute atomic E-state index is 12.8. The van der Waals surface area contributed by atoms with Crippen LogP contribution in [0.3, 0.4) is 0 Å². The number of hydrogen-bond acceptors (Lipinski definition) is 4. The van der Waals surface area contributed by atoms with E-state index >= 15 is 0 Å². The summed E-state index contributed by atoms with van der Waals surface area (Å²) in [5.74, 6) is -0.161. The molecule has 0 bridgehead atoms. The minimum absolute atomic E-state index is 0.161. The number of rotatable bonds is 12. The van der Waals surface area contributed by atoms with Gasteiger partial charge in [-0.1, -0.05) is 48.5 Å². The van der Waals surface area contributed by atoms with Crippen molar-refractivity contribution in [1.29, 1.82) is 0 Å². The minimum atomic E-state index is -0.615. The minimum Gasteiger partial charge on any atom is -0.330 e. The van der Waals surface area contributed by atoms with Crippen LogP contribution in [0.1, 0.15) is 36.0 Å². The van der Waals surface area contributed by atoms with Gasteiger partial charge in [0.15, 0.2) is 0 Å². The lowest BCUT2D eigenvalue weighted by Gasteiger charge is -2.16. The number of fused-ring (bicyclic) bond motifs is 1. The van der Waals surface area contributed by atoms with E-state index < -0.39 is 6.04 Å². The fourth-order valence-corrected chi connectivity index (χ4v) is 4.20. The van der Waals surface area contributed by atoms with E-state index in [9.17, 15) is 4.79 Å². The molecular formula is C28H38N4O. The summed E-state index contributed by atoms with van der Waals surface area (Å²) in [6.07, 6.45) is 5.76. The van der Waals surface area contributed by atoms with Gasteiger partial charge in [0.2, 0.25) is 5.91 Å². The molecule has 3 rings (SSSR count). The van der Waals surface area contributed by atoms with Crippen molar-refractivity contribution in [2.45, 2.75) is 44.6 Å². The fourth-order valence-electron chi connectivity index (χ4n) is 4.20. The topological polar surface area (TPSA) is 84.4 Å². The van der Waals surface area contributed by atoms with E-state index in [4.69, 9.17) is 11.5 Å². The van der Waals surface area contributed by atoms with E-state index in [1.54, 1.807) is 0 Å². The van der Waals surface area contributed by atoms with E-state index in [2.05, 4.69) is 66.8 Å². The van der Waals surface area contributed by atoms with Gasteiger partial charge in [0, 0.05) is 5.69 Å². The average Bonchev–Trinajstić information content (AvgIpc) is 2.81. The molecular weight excluding hydrogens is 408 g/mol. The number of hydrogen-bond donors (Lipinski definition) is 3. The van der Waals surface area contributed by atoms with Crippen LogP contribution in [-0.4, -0.2) is 44.0 Å². The summed E-state index contributed by atoms with van der Waals surface area (Å²) in [4.78, 5) is 15.0. The zero-order chi connectivity index (χ0) is 23.6. The largest absolute Gasteiger partial charge is 0.330 e. The number of nitrogens with one attached hydrogen (secondary N) is 1. The van der Waals surface area contributed by atoms with Gasteiger partial charge in [0.25, 0.3) is 0 Å². The number of unbranched alkanes of at least 4 members (excludes halogenated alkanes) is 1. The smallest absolute Gasteiger partial charge is 0.241 e. The van der Waals surface area contributed by atoms with Crippen LogP contribution in [0.25, 0.3) is 10.8 Å². The Labute approximate surface area is 198 Å². The summed E-state index contributed by atoms with van der Waals surface area (Å²) in [5.41, 5.74) is 16.5. The van der Waals surface area contributed by atoms with Crippen molar-refractivity contribution < 1.29 is 4.79 Å². The SMILES string of the molecule is CN(C)CCCc1ccc(NC(=O)[C@@H](N)Cc2ccc(CCCCN)c3ccccc23)cc1. The van der Waals surface area contributed by atoms with Crippen molar-refractivity contribution in [3.05, 3.63) is 77.4 Å². The molecule has 0 saturated heterocycles. The number of aryl methyl sites for hydroxylation is 2. The molecule has 0 saturated carbocycles. The molecule has 0 spiro atoms. The monoisotopic (exact) mass is 446 g/mol. The van der Waals surface area contributed by atoms with E-state index in [-0.39, 0.29) is 5.91 Å². The summed E-state index contributed by atoms with van der Waals surface area (Å²) in [5, 5.41) is 5.39. The molecule has 3 aromatic carbocycles. The summed E-state index contributed by atoms with van der Waals surface area (Å²) >= 11 is 0. The first-order valence-electron chi connectivity index (χ1n) is 12.0. The first-order valence-corrected chi connectivity index (χ1v) is 12.0. The molecule has 1 amide bonds. The molecule has 0 aliphatic heterocycles. The Hall–Kier alpha value is -2.73. The lowest BCUT2D eigenvalue weighted by Crippen LogP contribution is -2.37. The third kappa shape index (κ3) is 7.39. The Morgan fingerprint density at radius 3 is 2.21 bits per heavy atom. The highest BCUT2D eigenvalue weighted by Crippen LogP contribution is 2.25. The molecule has 0 unspecified atom stereocenters. The summed E-state index contributed by atoms with van der Waals surface area (Å²) in [6, 6.07) is 20.1. The number of amides is 1. The van der Waals surface area contributed by atoms with Crippen LogP contribution < -0.4 is 16.8 Å². The van der Waals surface area contributed by atoms with Gasteiger partial charge in [-0.15, -0.1) is 0 Å². The number of nitrogens with two attached hydrogens (primary N) is 2. The molecule has 0 aliphatic carbocycles. The molecule has 3 aromatic rings. The predicted octanol–water partition coefficient (Wildman–Crippen LogP) is 4.12. The second kappa shape index (κ2) is 12.5. The summed E-state index contributed by atoms with van der Waals surface area (Å²) in [7, 11) is 4.17. The zero-order valence-electron chi connectivity index (χ0n) is 20.0. The highest BCUT2D eigenvalue weighted by Gasteiger charge is 2.16. The molecule has 5 nitrogen and oxygen atoms in total. The van der Waals surface area contributed by atoms with E-state index in [0.717, 1.165) is 56.4 Å². The molecule has 33 heavy (non-hydrogen) atoms. The van der Waals surface area contributed by atoms with Gasteiger partial charge in [-0.3, -0.25) is 4.79 Å². The second-order valence-corrected chi connectivity index (χ2v) is 9.08. The molecule has 5 N–H and O–H groups in total. The first kappa shape index (κ1) is 24.9. The second-order valence-electron chi connectivity index (χ2n) is 9.08. The predicted molar refractivity (Wildman–Crippen MR) is 140 cm³/mol. The Morgan fingerprint density at radius 1 is 0.879 bits per heavy atom. The Bertz CT molecular complexity index is 1030. The van der Waals surface area contributed by atoms with E-state index in [1.807, 2.05) is 18.2 Å².